The Balaban J connectivity index is 2.05. The van der Waals surface area contributed by atoms with E-state index in [1.54, 1.807) is 0 Å². The Morgan fingerprint density at radius 2 is 2.00 bits per heavy atom. The topological polar surface area (TPSA) is 75.7 Å². The Morgan fingerprint density at radius 3 is 2.47 bits per heavy atom. The van der Waals surface area contributed by atoms with Gasteiger partial charge in [0.05, 0.1) is 17.9 Å². The first-order chi connectivity index (χ1) is 7.83. The smallest absolute Gasteiger partial charge is 0.246 e. The lowest BCUT2D eigenvalue weighted by atomic mass is 9.84. The van der Waals surface area contributed by atoms with Gasteiger partial charge in [0, 0.05) is 13.1 Å². The molecule has 1 unspecified atom stereocenters. The fraction of sp³-hybridized carbons (Fsp3) is 0.900. The normalized spacial score (nSPS) is 30.2. The molecule has 0 aromatic rings. The average Bonchev–Trinajstić information content (AvgIpc) is 2.24. The molecular weight excluding hydrogens is 244 g/mol. The Labute approximate surface area is 101 Å². The third-order valence-corrected chi connectivity index (χ3v) is 5.00. The van der Waals surface area contributed by atoms with Crippen LogP contribution in [0.1, 0.15) is 19.8 Å². The molecule has 1 spiro atoms. The summed E-state index contributed by atoms with van der Waals surface area (Å²) in [5, 5.41) is 2.86. The van der Waals surface area contributed by atoms with Gasteiger partial charge >= 0.3 is 0 Å². The zero-order valence-electron chi connectivity index (χ0n) is 10.1. The van der Waals surface area contributed by atoms with Crippen molar-refractivity contribution in [2.45, 2.75) is 31.4 Å². The van der Waals surface area contributed by atoms with Crippen LogP contribution in [0, 0.1) is 0 Å². The van der Waals surface area contributed by atoms with Crippen molar-refractivity contribution in [1.82, 2.24) is 9.62 Å². The minimum Gasteiger partial charge on any atom is -0.363 e. The second-order valence-corrected chi connectivity index (χ2v) is 6.79. The second-order valence-electron chi connectivity index (χ2n) is 4.80. The highest BCUT2D eigenvalue weighted by Gasteiger charge is 2.45. The lowest BCUT2D eigenvalue weighted by molar-refractivity contribution is -0.157. The van der Waals surface area contributed by atoms with E-state index in [1.165, 1.54) is 10.6 Å². The molecule has 2 rings (SSSR count). The molecule has 1 N–H and O–H groups in total. The minimum absolute atomic E-state index is 0.0644. The van der Waals surface area contributed by atoms with Crippen LogP contribution in [0.15, 0.2) is 0 Å². The lowest BCUT2D eigenvalue weighted by Gasteiger charge is -2.46. The highest BCUT2D eigenvalue weighted by atomic mass is 32.2. The third kappa shape index (κ3) is 2.46. The summed E-state index contributed by atoms with van der Waals surface area (Å²) in [6, 6.07) is -0.0644. The Hall–Kier alpha value is -0.660. The van der Waals surface area contributed by atoms with Gasteiger partial charge in [-0.25, -0.2) is 12.7 Å². The molecule has 1 amide bonds. The monoisotopic (exact) mass is 262 g/mol. The van der Waals surface area contributed by atoms with E-state index in [4.69, 9.17) is 4.74 Å². The highest BCUT2D eigenvalue weighted by molar-refractivity contribution is 7.88. The van der Waals surface area contributed by atoms with Crippen LogP contribution in [0.2, 0.25) is 0 Å². The molecule has 1 atom stereocenters. The molecule has 2 aliphatic rings. The van der Waals surface area contributed by atoms with Crippen LogP contribution >= 0.6 is 0 Å². The largest absolute Gasteiger partial charge is 0.363 e. The first-order valence-electron chi connectivity index (χ1n) is 5.72. The number of nitrogens with one attached hydrogen (secondary N) is 1. The van der Waals surface area contributed by atoms with Gasteiger partial charge in [0.15, 0.2) is 0 Å². The maximum absolute atomic E-state index is 11.4. The number of sulfonamides is 1. The van der Waals surface area contributed by atoms with Gasteiger partial charge in [0.2, 0.25) is 15.9 Å². The SMILES string of the molecule is CC1NC(=O)COC12CCN(S(C)(=O)=O)CC2. The van der Waals surface area contributed by atoms with E-state index in [0.29, 0.717) is 25.9 Å². The van der Waals surface area contributed by atoms with E-state index >= 15 is 0 Å². The predicted octanol–water partition coefficient (Wildman–Crippen LogP) is -0.684. The highest BCUT2D eigenvalue weighted by Crippen LogP contribution is 2.32. The number of ether oxygens (including phenoxy) is 1. The van der Waals surface area contributed by atoms with E-state index < -0.39 is 15.6 Å². The van der Waals surface area contributed by atoms with Crippen molar-refractivity contribution in [1.29, 1.82) is 0 Å². The number of rotatable bonds is 1. The van der Waals surface area contributed by atoms with Gasteiger partial charge in [-0.3, -0.25) is 4.79 Å². The van der Waals surface area contributed by atoms with Crippen LogP contribution in [0.25, 0.3) is 0 Å². The van der Waals surface area contributed by atoms with Crippen molar-refractivity contribution in [3.05, 3.63) is 0 Å². The maximum atomic E-state index is 11.4. The van der Waals surface area contributed by atoms with Crippen molar-refractivity contribution < 1.29 is 17.9 Å². The number of hydrogen-bond donors (Lipinski definition) is 1. The first kappa shape index (κ1) is 12.8. The van der Waals surface area contributed by atoms with Gasteiger partial charge in [-0.05, 0) is 19.8 Å². The molecule has 2 heterocycles. The standard InChI is InChI=1S/C10H18N2O4S/c1-8-10(16-7-9(13)11-8)3-5-12(6-4-10)17(2,14)15/h8H,3-7H2,1-2H3,(H,11,13). The van der Waals surface area contributed by atoms with Crippen LogP contribution in [0.3, 0.4) is 0 Å². The molecule has 0 aromatic heterocycles. The van der Waals surface area contributed by atoms with Crippen LogP contribution in [0.5, 0.6) is 0 Å². The summed E-state index contributed by atoms with van der Waals surface area (Å²) >= 11 is 0. The molecule has 2 saturated heterocycles. The van der Waals surface area contributed by atoms with Crippen molar-refractivity contribution >= 4 is 15.9 Å². The number of morpholine rings is 1. The fourth-order valence-electron chi connectivity index (χ4n) is 2.52. The third-order valence-electron chi connectivity index (χ3n) is 3.70. The number of carbonyl (C=O) groups excluding carboxylic acids is 1. The zero-order valence-corrected chi connectivity index (χ0v) is 10.9. The van der Waals surface area contributed by atoms with Crippen molar-refractivity contribution in [3.63, 3.8) is 0 Å². The van der Waals surface area contributed by atoms with Gasteiger partial charge in [-0.2, -0.15) is 0 Å². The summed E-state index contributed by atoms with van der Waals surface area (Å²) < 4.78 is 29.9. The molecule has 6 nitrogen and oxygen atoms in total. The second kappa shape index (κ2) is 4.22. The molecule has 0 aliphatic carbocycles. The van der Waals surface area contributed by atoms with Gasteiger partial charge in [0.1, 0.15) is 6.61 Å². The maximum Gasteiger partial charge on any atom is 0.246 e. The summed E-state index contributed by atoms with van der Waals surface area (Å²) in [5.41, 5.74) is -0.394. The van der Waals surface area contributed by atoms with Gasteiger partial charge in [-0.1, -0.05) is 0 Å². The first-order valence-corrected chi connectivity index (χ1v) is 7.57. The lowest BCUT2D eigenvalue weighted by Crippen LogP contribution is -2.62. The van der Waals surface area contributed by atoms with Crippen LogP contribution in [-0.2, 0) is 19.6 Å². The van der Waals surface area contributed by atoms with E-state index in [0.717, 1.165) is 0 Å². The van der Waals surface area contributed by atoms with Gasteiger partial charge in [0.25, 0.3) is 0 Å². The van der Waals surface area contributed by atoms with E-state index in [9.17, 15) is 13.2 Å². The summed E-state index contributed by atoms with van der Waals surface area (Å²) in [7, 11) is -3.12. The molecule has 0 bridgehead atoms. The Bertz CT molecular complexity index is 412. The molecule has 0 aromatic carbocycles. The van der Waals surface area contributed by atoms with E-state index in [-0.39, 0.29) is 18.6 Å². The summed E-state index contributed by atoms with van der Waals surface area (Å²) in [5.74, 6) is -0.103. The molecule has 0 radical (unpaired) electrons. The fourth-order valence-corrected chi connectivity index (χ4v) is 3.37. The molecule has 7 heteroatoms. The van der Waals surface area contributed by atoms with Crippen molar-refractivity contribution in [2.75, 3.05) is 26.0 Å². The summed E-state index contributed by atoms with van der Waals surface area (Å²) in [6.45, 7) is 2.90. The van der Waals surface area contributed by atoms with Crippen LogP contribution in [0.4, 0.5) is 0 Å². The van der Waals surface area contributed by atoms with Crippen molar-refractivity contribution in [2.24, 2.45) is 0 Å². The minimum atomic E-state index is -3.12. The quantitative estimate of drug-likeness (QED) is 0.679. The number of carbonyl (C=O) groups is 1. The van der Waals surface area contributed by atoms with Crippen LogP contribution < -0.4 is 5.32 Å². The number of nitrogens with zero attached hydrogens (tertiary/aromatic N) is 1. The molecule has 98 valence electrons. The van der Waals surface area contributed by atoms with Crippen LogP contribution in [-0.4, -0.2) is 56.2 Å². The summed E-state index contributed by atoms with van der Waals surface area (Å²) in [4.78, 5) is 11.2. The molecule has 17 heavy (non-hydrogen) atoms. The van der Waals surface area contributed by atoms with E-state index in [1.807, 2.05) is 6.92 Å². The molecule has 2 fully saturated rings. The molecule has 0 saturated carbocycles. The Morgan fingerprint density at radius 1 is 1.41 bits per heavy atom. The average molecular weight is 262 g/mol. The van der Waals surface area contributed by atoms with Gasteiger partial charge in [-0.15, -0.1) is 0 Å². The molecular formula is C10H18N2O4S. The predicted molar refractivity (Wildman–Crippen MR) is 61.9 cm³/mol. The number of hydrogen-bond acceptors (Lipinski definition) is 4. The van der Waals surface area contributed by atoms with E-state index in [2.05, 4.69) is 5.32 Å². The number of amides is 1. The van der Waals surface area contributed by atoms with Gasteiger partial charge < -0.3 is 10.1 Å². The Kier molecular flexibility index (Phi) is 3.17. The molecule has 2 aliphatic heterocycles. The van der Waals surface area contributed by atoms with Crippen molar-refractivity contribution in [3.8, 4) is 0 Å². The summed E-state index contributed by atoms with van der Waals surface area (Å²) in [6.07, 6.45) is 2.47. The number of piperidine rings is 1. The zero-order chi connectivity index (χ0) is 12.7.